The van der Waals surface area contributed by atoms with Gasteiger partial charge in [0.1, 0.15) is 30.1 Å². The predicted octanol–water partition coefficient (Wildman–Crippen LogP) is 6.56. The van der Waals surface area contributed by atoms with Crippen LogP contribution < -0.4 is 0 Å². The largest absolute Gasteiger partial charge is 0.460 e. The van der Waals surface area contributed by atoms with Crippen LogP contribution in [0.15, 0.2) is 47.6 Å². The Morgan fingerprint density at radius 3 is 2.22 bits per heavy atom. The minimum Gasteiger partial charge on any atom is -0.460 e. The second-order valence-corrected chi connectivity index (χ2v) is 19.2. The zero-order valence-corrected chi connectivity index (χ0v) is 39.3. The van der Waals surface area contributed by atoms with E-state index in [1.54, 1.807) is 34.0 Å². The summed E-state index contributed by atoms with van der Waals surface area (Å²) in [6, 6.07) is -1.11. The van der Waals surface area contributed by atoms with Gasteiger partial charge in [-0.1, -0.05) is 71.1 Å². The highest BCUT2D eigenvalue weighted by Gasteiger charge is 2.53. The summed E-state index contributed by atoms with van der Waals surface area (Å²) in [5.74, 6) is -7.60. The Hall–Kier alpha value is -3.33. The maximum absolute atomic E-state index is 14.3. The zero-order chi connectivity index (χ0) is 46.6. The molecule has 3 aliphatic heterocycles. The number of hydrogen-bond acceptors (Lipinski definition) is 12. The number of amides is 1. The fourth-order valence-corrected chi connectivity index (χ4v) is 9.83. The molecule has 0 unspecified atom stereocenters. The molecule has 63 heavy (non-hydrogen) atoms. The van der Waals surface area contributed by atoms with Gasteiger partial charge in [0.15, 0.2) is 5.78 Å². The van der Waals surface area contributed by atoms with Gasteiger partial charge >= 0.3 is 5.97 Å². The highest BCUT2D eigenvalue weighted by atomic mass is 16.6. The number of ether oxygens (including phenoxy) is 4. The number of methoxy groups -OCH3 is 2. The Morgan fingerprint density at radius 1 is 0.857 bits per heavy atom. The summed E-state index contributed by atoms with van der Waals surface area (Å²) < 4.78 is 23.8. The number of rotatable bonds is 5. The van der Waals surface area contributed by atoms with Crippen molar-refractivity contribution in [1.29, 1.82) is 0 Å². The number of piperidine rings is 1. The van der Waals surface area contributed by atoms with Crippen LogP contribution in [0.5, 0.6) is 0 Å². The van der Waals surface area contributed by atoms with Crippen LogP contribution in [0.1, 0.15) is 132 Å². The van der Waals surface area contributed by atoms with E-state index < -0.39 is 77.8 Å². The molecule has 1 aliphatic carbocycles. The highest BCUT2D eigenvalue weighted by Crippen LogP contribution is 2.37. The summed E-state index contributed by atoms with van der Waals surface area (Å²) in [5.41, 5.74) is 1.29. The molecule has 4 rings (SSSR count). The lowest BCUT2D eigenvalue weighted by molar-refractivity contribution is -0.265. The van der Waals surface area contributed by atoms with Crippen molar-refractivity contribution in [3.05, 3.63) is 47.6 Å². The molecule has 1 saturated carbocycles. The van der Waals surface area contributed by atoms with Crippen LogP contribution >= 0.6 is 0 Å². The normalized spacial score (nSPS) is 40.1. The van der Waals surface area contributed by atoms with Gasteiger partial charge in [-0.3, -0.25) is 19.2 Å². The predicted molar refractivity (Wildman–Crippen MR) is 239 cm³/mol. The molecule has 13 nitrogen and oxygen atoms in total. The Balaban J connectivity index is 1.69. The lowest BCUT2D eigenvalue weighted by atomic mass is 9.79. The van der Waals surface area contributed by atoms with Crippen molar-refractivity contribution >= 4 is 29.2 Å². The van der Waals surface area contributed by atoms with Crippen molar-refractivity contribution in [3.8, 4) is 0 Å². The summed E-state index contributed by atoms with van der Waals surface area (Å²) >= 11 is 0. The van der Waals surface area contributed by atoms with Crippen LogP contribution in [0.3, 0.4) is 0 Å². The maximum atomic E-state index is 14.3. The average molecular weight is 884 g/mol. The van der Waals surface area contributed by atoms with Gasteiger partial charge in [0, 0.05) is 51.4 Å². The summed E-state index contributed by atoms with van der Waals surface area (Å²) in [6.45, 7) is 12.8. The van der Waals surface area contributed by atoms with E-state index in [9.17, 15) is 39.3 Å². The van der Waals surface area contributed by atoms with Crippen LogP contribution in [0.2, 0.25) is 0 Å². The first kappa shape index (κ1) is 52.3. The Kier molecular flexibility index (Phi) is 20.1. The van der Waals surface area contributed by atoms with E-state index in [1.165, 1.54) is 12.0 Å². The van der Waals surface area contributed by atoms with Crippen LogP contribution in [-0.2, 0) is 42.9 Å². The molecule has 3 heterocycles. The van der Waals surface area contributed by atoms with Gasteiger partial charge in [0.25, 0.3) is 11.7 Å². The number of cyclic esters (lactones) is 1. The van der Waals surface area contributed by atoms with Crippen LogP contribution in [-0.4, -0.2) is 119 Å². The molecule has 2 saturated heterocycles. The number of Topliss-reactive ketones (excluding diaryl/α,β-unsaturated/α-hetero) is 3. The molecular formula is C50H77NO12. The summed E-state index contributed by atoms with van der Waals surface area (Å²) in [7, 11) is 2.96. The van der Waals surface area contributed by atoms with Crippen molar-refractivity contribution in [3.63, 3.8) is 0 Å². The van der Waals surface area contributed by atoms with Gasteiger partial charge in [-0.15, -0.1) is 0 Å². The fourth-order valence-electron chi connectivity index (χ4n) is 9.83. The Morgan fingerprint density at radius 2 is 1.56 bits per heavy atom. The van der Waals surface area contributed by atoms with Crippen molar-refractivity contribution in [2.75, 3.05) is 20.8 Å². The summed E-state index contributed by atoms with van der Waals surface area (Å²) in [4.78, 5) is 71.5. The molecule has 1 amide bonds. The van der Waals surface area contributed by atoms with Gasteiger partial charge in [0.2, 0.25) is 5.79 Å². The number of esters is 1. The third-order valence-corrected chi connectivity index (χ3v) is 14.1. The zero-order valence-electron chi connectivity index (χ0n) is 39.3. The topological polar surface area (TPSA) is 186 Å². The van der Waals surface area contributed by atoms with Crippen molar-refractivity contribution < 1.29 is 58.2 Å². The average Bonchev–Trinajstić information content (AvgIpc) is 3.26. The van der Waals surface area contributed by atoms with E-state index in [-0.39, 0.29) is 54.8 Å². The number of nitrogens with zero attached hydrogens (tertiary/aromatic N) is 1. The number of hydrogen-bond donors (Lipinski definition) is 3. The van der Waals surface area contributed by atoms with E-state index in [1.807, 2.05) is 58.1 Å². The number of allylic oxidation sites excluding steroid dienone is 6. The van der Waals surface area contributed by atoms with E-state index >= 15 is 0 Å². The number of carbonyl (C=O) groups is 5. The lowest BCUT2D eigenvalue weighted by Crippen LogP contribution is -2.61. The molecule has 0 spiro atoms. The third-order valence-electron chi connectivity index (χ3n) is 14.1. The number of fused-ring (bicyclic) bond motifs is 3. The number of ketones is 3. The van der Waals surface area contributed by atoms with E-state index in [0.29, 0.717) is 63.4 Å². The van der Waals surface area contributed by atoms with Crippen molar-refractivity contribution in [1.82, 2.24) is 4.90 Å². The molecule has 4 aliphatic rings. The van der Waals surface area contributed by atoms with Crippen LogP contribution in [0, 0.1) is 35.5 Å². The Bertz CT molecular complexity index is 1690. The smallest absolute Gasteiger partial charge is 0.329 e. The molecular weight excluding hydrogens is 807 g/mol. The van der Waals surface area contributed by atoms with E-state index in [0.717, 1.165) is 18.4 Å². The Labute approximate surface area is 375 Å². The fraction of sp³-hybridized carbons (Fsp3) is 0.740. The monoisotopic (exact) mass is 884 g/mol. The molecule has 3 fully saturated rings. The summed E-state index contributed by atoms with van der Waals surface area (Å²) in [6.07, 6.45) is 13.2. The lowest BCUT2D eigenvalue weighted by Gasteiger charge is -2.42. The molecule has 0 aromatic heterocycles. The van der Waals surface area contributed by atoms with Gasteiger partial charge in [0.05, 0.1) is 18.3 Å². The summed E-state index contributed by atoms with van der Waals surface area (Å²) in [5, 5.41) is 33.4. The molecule has 0 aromatic carbocycles. The van der Waals surface area contributed by atoms with Gasteiger partial charge in [-0.2, -0.15) is 0 Å². The number of aliphatic hydroxyl groups is 3. The van der Waals surface area contributed by atoms with Gasteiger partial charge in [-0.25, -0.2) is 4.79 Å². The maximum Gasteiger partial charge on any atom is 0.329 e. The minimum absolute atomic E-state index is 0.0273. The number of aliphatic hydroxyl groups excluding tert-OH is 2. The van der Waals surface area contributed by atoms with E-state index in [2.05, 4.69) is 0 Å². The second kappa shape index (κ2) is 24.3. The van der Waals surface area contributed by atoms with Crippen molar-refractivity contribution in [2.45, 2.75) is 180 Å². The molecule has 3 N–H and O–H groups in total. The highest BCUT2D eigenvalue weighted by molar-refractivity contribution is 6.39. The SMILES string of the molecule is CO[C@H]1C[C@@H]2CC[C@@H](C)[C@@](O)(O2)C(=O)C(=O)N2CCCC[C@H]2C(=O)O[C@H]([C@H](C)CC2CCC(O)CC2)CC(=O)[C@H](C)/C=C(\C)[C@@H](O)[C@@H](OC)C(=O)[C@H](C)C[C@H](C)/C=C/C=C/C=C/1C. The van der Waals surface area contributed by atoms with E-state index in [4.69, 9.17) is 18.9 Å². The molecule has 12 atom stereocenters. The molecule has 13 heteroatoms. The molecule has 354 valence electrons. The molecule has 2 bridgehead atoms. The van der Waals surface area contributed by atoms with Crippen LogP contribution in [0.4, 0.5) is 0 Å². The third kappa shape index (κ3) is 14.1. The van der Waals surface area contributed by atoms with Crippen LogP contribution in [0.25, 0.3) is 0 Å². The number of carbonyl (C=O) groups excluding carboxylic acids is 5. The molecule has 0 aromatic rings. The first-order valence-corrected chi connectivity index (χ1v) is 23.4. The van der Waals surface area contributed by atoms with Crippen molar-refractivity contribution in [2.24, 2.45) is 35.5 Å². The first-order chi connectivity index (χ1) is 29.8. The van der Waals surface area contributed by atoms with Gasteiger partial charge in [-0.05, 0) is 113 Å². The first-order valence-electron chi connectivity index (χ1n) is 23.4. The van der Waals surface area contributed by atoms with Gasteiger partial charge < -0.3 is 39.2 Å². The minimum atomic E-state index is -2.41. The quantitative estimate of drug-likeness (QED) is 0.154. The second-order valence-electron chi connectivity index (χ2n) is 19.2. The standard InChI is InChI=1S/C50H77NO12/c1-30-15-11-10-12-16-31(2)42(60-8)28-39-23-18-36(7)50(59,63-39)47(56)48(57)51-24-14-13-17-40(51)49(58)62-43(33(4)27-37-19-21-38(52)22-20-37)29-41(53)32(3)26-35(6)45(55)46(61-9)44(54)34(5)25-30/h10-12,15-16,26,30,32-34,36-40,42-43,45-46,52,55,59H,13-14,17-25,27-29H2,1-9H3/b12-10+,15-11+,31-16+,35-26+/t30-,32-,33-,34-,36-,37?,38?,39+,40+,42+,43+,45-,46+,50-/m1/s1. The molecule has 0 radical (unpaired) electrons.